The Bertz CT molecular complexity index is 316. The Labute approximate surface area is 88.9 Å². The van der Waals surface area contributed by atoms with E-state index >= 15 is 0 Å². The number of aliphatic hydroxyl groups excluding tert-OH is 1. The fourth-order valence-electron chi connectivity index (χ4n) is 1.89. The predicted octanol–water partition coefficient (Wildman–Crippen LogP) is 2.67. The fourth-order valence-corrected chi connectivity index (χ4v) is 2.08. The topological polar surface area (TPSA) is 32.3 Å². The fraction of sp³-hybridized carbons (Fsp3) is 0.455. The van der Waals surface area contributed by atoms with Crippen molar-refractivity contribution in [3.63, 3.8) is 0 Å². The van der Waals surface area contributed by atoms with Crippen molar-refractivity contribution in [3.8, 4) is 0 Å². The number of nitrogens with one attached hydrogen (secondary N) is 1. The molecular formula is C11H14ClNO. The van der Waals surface area contributed by atoms with Crippen LogP contribution in [0.5, 0.6) is 0 Å². The second kappa shape index (κ2) is 4.20. The highest BCUT2D eigenvalue weighted by Gasteiger charge is 2.25. The van der Waals surface area contributed by atoms with E-state index in [4.69, 9.17) is 11.6 Å². The quantitative estimate of drug-likeness (QED) is 0.789. The van der Waals surface area contributed by atoms with Gasteiger partial charge in [-0.25, -0.2) is 0 Å². The smallest absolute Gasteiger partial charge is 0.0741 e. The molecule has 2 atom stereocenters. The number of aliphatic hydroxyl groups is 1. The number of benzene rings is 1. The zero-order chi connectivity index (χ0) is 9.97. The molecule has 1 aliphatic rings. The van der Waals surface area contributed by atoms with Gasteiger partial charge in [-0.15, -0.1) is 0 Å². The van der Waals surface area contributed by atoms with E-state index < -0.39 is 0 Å². The van der Waals surface area contributed by atoms with Gasteiger partial charge in [0.05, 0.1) is 22.9 Å². The van der Waals surface area contributed by atoms with Gasteiger partial charge in [0, 0.05) is 0 Å². The molecular weight excluding hydrogens is 198 g/mol. The minimum absolute atomic E-state index is 0.162. The van der Waals surface area contributed by atoms with E-state index in [1.165, 1.54) is 0 Å². The first-order valence-electron chi connectivity index (χ1n) is 4.96. The molecule has 0 saturated heterocycles. The molecule has 1 saturated carbocycles. The van der Waals surface area contributed by atoms with Gasteiger partial charge in [0.2, 0.25) is 0 Å². The van der Waals surface area contributed by atoms with E-state index in [0.717, 1.165) is 24.9 Å². The lowest BCUT2D eigenvalue weighted by molar-refractivity contribution is 0.172. The molecule has 2 unspecified atom stereocenters. The molecule has 1 aromatic carbocycles. The molecule has 1 aliphatic carbocycles. The maximum Gasteiger partial charge on any atom is 0.0741 e. The van der Waals surface area contributed by atoms with Gasteiger partial charge in [-0.2, -0.15) is 0 Å². The molecule has 0 aromatic heterocycles. The molecule has 2 N–H and O–H groups in total. The third-order valence-corrected chi connectivity index (χ3v) is 3.02. The highest BCUT2D eigenvalue weighted by atomic mass is 35.5. The van der Waals surface area contributed by atoms with E-state index in [1.54, 1.807) is 0 Å². The van der Waals surface area contributed by atoms with Crippen LogP contribution in [0.4, 0.5) is 5.69 Å². The van der Waals surface area contributed by atoms with Gasteiger partial charge in [-0.05, 0) is 31.4 Å². The Balaban J connectivity index is 2.07. The summed E-state index contributed by atoms with van der Waals surface area (Å²) in [6.45, 7) is 0. The van der Waals surface area contributed by atoms with E-state index in [2.05, 4.69) is 5.32 Å². The van der Waals surface area contributed by atoms with Crippen molar-refractivity contribution in [1.29, 1.82) is 0 Å². The van der Waals surface area contributed by atoms with Crippen LogP contribution in [-0.4, -0.2) is 17.3 Å². The Morgan fingerprint density at radius 2 is 2.07 bits per heavy atom. The second-order valence-electron chi connectivity index (χ2n) is 3.73. The molecule has 3 heteroatoms. The van der Waals surface area contributed by atoms with Crippen LogP contribution in [0.1, 0.15) is 19.3 Å². The van der Waals surface area contributed by atoms with Crippen LogP contribution in [-0.2, 0) is 0 Å². The number of hydrogen-bond donors (Lipinski definition) is 2. The maximum absolute atomic E-state index is 9.64. The first-order chi connectivity index (χ1) is 6.77. The lowest BCUT2D eigenvalue weighted by Crippen LogP contribution is -2.27. The van der Waals surface area contributed by atoms with Crippen LogP contribution < -0.4 is 5.32 Å². The Kier molecular flexibility index (Phi) is 2.94. The van der Waals surface area contributed by atoms with Gasteiger partial charge in [-0.3, -0.25) is 0 Å². The molecule has 76 valence electrons. The summed E-state index contributed by atoms with van der Waals surface area (Å²) in [4.78, 5) is 0. The normalized spacial score (nSPS) is 26.4. The Morgan fingerprint density at radius 3 is 2.71 bits per heavy atom. The summed E-state index contributed by atoms with van der Waals surface area (Å²) in [6.07, 6.45) is 2.77. The van der Waals surface area contributed by atoms with Gasteiger partial charge < -0.3 is 10.4 Å². The molecule has 1 fully saturated rings. The molecule has 0 spiro atoms. The van der Waals surface area contributed by atoms with Crippen molar-refractivity contribution in [2.45, 2.75) is 31.4 Å². The van der Waals surface area contributed by atoms with Crippen molar-refractivity contribution in [3.05, 3.63) is 29.3 Å². The van der Waals surface area contributed by atoms with Crippen LogP contribution in [0, 0.1) is 0 Å². The van der Waals surface area contributed by atoms with Gasteiger partial charge >= 0.3 is 0 Å². The zero-order valence-electron chi connectivity index (χ0n) is 7.91. The second-order valence-corrected chi connectivity index (χ2v) is 4.14. The molecule has 0 radical (unpaired) electrons. The van der Waals surface area contributed by atoms with Gasteiger partial charge in [0.25, 0.3) is 0 Å². The van der Waals surface area contributed by atoms with Crippen LogP contribution in [0.3, 0.4) is 0 Å². The van der Waals surface area contributed by atoms with Crippen LogP contribution >= 0.6 is 11.6 Å². The lowest BCUT2D eigenvalue weighted by Gasteiger charge is -2.18. The molecule has 1 aromatic rings. The average molecular weight is 212 g/mol. The SMILES string of the molecule is OC1CCCC1Nc1ccccc1Cl. The third-order valence-electron chi connectivity index (χ3n) is 2.69. The first kappa shape index (κ1) is 9.81. The van der Waals surface area contributed by atoms with Crippen molar-refractivity contribution < 1.29 is 5.11 Å². The summed E-state index contributed by atoms with van der Waals surface area (Å²) >= 11 is 6.01. The Morgan fingerprint density at radius 1 is 1.29 bits per heavy atom. The monoisotopic (exact) mass is 211 g/mol. The molecule has 2 rings (SSSR count). The standard InChI is InChI=1S/C11H14ClNO/c12-8-4-1-2-5-9(8)13-10-6-3-7-11(10)14/h1-2,4-5,10-11,13-14H,3,6-7H2. The van der Waals surface area contributed by atoms with Crippen LogP contribution in [0.15, 0.2) is 24.3 Å². The number of rotatable bonds is 2. The number of halogens is 1. The van der Waals surface area contributed by atoms with Gasteiger partial charge in [0.15, 0.2) is 0 Å². The largest absolute Gasteiger partial charge is 0.391 e. The van der Waals surface area contributed by atoms with E-state index in [-0.39, 0.29) is 12.1 Å². The van der Waals surface area contributed by atoms with Crippen LogP contribution in [0.2, 0.25) is 5.02 Å². The number of anilines is 1. The average Bonchev–Trinajstić information content (AvgIpc) is 2.56. The summed E-state index contributed by atoms with van der Waals surface area (Å²) in [5.41, 5.74) is 0.917. The van der Waals surface area contributed by atoms with Crippen molar-refractivity contribution in [2.24, 2.45) is 0 Å². The maximum atomic E-state index is 9.64. The molecule has 2 nitrogen and oxygen atoms in total. The molecule has 0 heterocycles. The number of hydrogen-bond acceptors (Lipinski definition) is 2. The highest BCUT2D eigenvalue weighted by molar-refractivity contribution is 6.33. The highest BCUT2D eigenvalue weighted by Crippen LogP contribution is 2.26. The van der Waals surface area contributed by atoms with E-state index in [9.17, 15) is 5.11 Å². The van der Waals surface area contributed by atoms with Crippen molar-refractivity contribution in [1.82, 2.24) is 0 Å². The molecule has 0 bridgehead atoms. The zero-order valence-corrected chi connectivity index (χ0v) is 8.67. The molecule has 0 aliphatic heterocycles. The van der Waals surface area contributed by atoms with E-state index in [0.29, 0.717) is 5.02 Å². The van der Waals surface area contributed by atoms with Crippen molar-refractivity contribution >= 4 is 17.3 Å². The first-order valence-corrected chi connectivity index (χ1v) is 5.34. The molecule has 14 heavy (non-hydrogen) atoms. The summed E-state index contributed by atoms with van der Waals surface area (Å²) in [5, 5.41) is 13.6. The predicted molar refractivity (Wildman–Crippen MR) is 58.7 cm³/mol. The van der Waals surface area contributed by atoms with Crippen LogP contribution in [0.25, 0.3) is 0 Å². The van der Waals surface area contributed by atoms with Gasteiger partial charge in [-0.1, -0.05) is 23.7 Å². The summed E-state index contributed by atoms with van der Waals surface area (Å²) in [6, 6.07) is 7.79. The minimum Gasteiger partial charge on any atom is -0.391 e. The van der Waals surface area contributed by atoms with E-state index in [1.807, 2.05) is 24.3 Å². The van der Waals surface area contributed by atoms with Gasteiger partial charge in [0.1, 0.15) is 0 Å². The third kappa shape index (κ3) is 2.02. The minimum atomic E-state index is -0.230. The summed E-state index contributed by atoms with van der Waals surface area (Å²) in [7, 11) is 0. The summed E-state index contributed by atoms with van der Waals surface area (Å²) in [5.74, 6) is 0. The number of para-hydroxylation sites is 1. The summed E-state index contributed by atoms with van der Waals surface area (Å²) < 4.78 is 0. The van der Waals surface area contributed by atoms with Crippen molar-refractivity contribution in [2.75, 3.05) is 5.32 Å². The Hall–Kier alpha value is -0.730. The molecule has 0 amide bonds. The lowest BCUT2D eigenvalue weighted by atomic mass is 10.2.